The third kappa shape index (κ3) is 2.00. The number of benzene rings is 2. The Morgan fingerprint density at radius 2 is 1.56 bits per heavy atom. The first-order chi connectivity index (χ1) is 8.66. The summed E-state index contributed by atoms with van der Waals surface area (Å²) in [5, 5.41) is 7.18. The van der Waals surface area contributed by atoms with Crippen LogP contribution in [0.5, 0.6) is 0 Å². The number of rotatable bonds is 1. The zero-order valence-corrected chi connectivity index (χ0v) is 10.8. The van der Waals surface area contributed by atoms with Gasteiger partial charge in [0, 0.05) is 5.69 Å². The fourth-order valence-electron chi connectivity index (χ4n) is 2.58. The average molecular weight is 238 g/mol. The van der Waals surface area contributed by atoms with Crippen LogP contribution in [-0.4, -0.2) is 5.66 Å². The summed E-state index contributed by atoms with van der Waals surface area (Å²) >= 11 is 0. The molecule has 0 spiro atoms. The molecule has 1 heterocycles. The lowest BCUT2D eigenvalue weighted by atomic mass is 9.92. The van der Waals surface area contributed by atoms with Crippen molar-refractivity contribution in [1.82, 2.24) is 5.32 Å². The molecule has 18 heavy (non-hydrogen) atoms. The first-order valence-electron chi connectivity index (χ1n) is 6.35. The van der Waals surface area contributed by atoms with Gasteiger partial charge in [0.25, 0.3) is 0 Å². The van der Waals surface area contributed by atoms with Crippen LogP contribution in [0.4, 0.5) is 5.69 Å². The van der Waals surface area contributed by atoms with Crippen molar-refractivity contribution < 1.29 is 0 Å². The van der Waals surface area contributed by atoms with Gasteiger partial charge in [-0.3, -0.25) is 5.32 Å². The molecule has 0 saturated carbocycles. The SMILES string of the molecule is CC1(C)Nc2ccccc2C(c2ccccc2)N1. The first-order valence-corrected chi connectivity index (χ1v) is 6.35. The lowest BCUT2D eigenvalue weighted by molar-refractivity contribution is 0.387. The summed E-state index contributed by atoms with van der Waals surface area (Å²) in [7, 11) is 0. The second-order valence-corrected chi connectivity index (χ2v) is 5.33. The lowest BCUT2D eigenvalue weighted by Gasteiger charge is -2.40. The zero-order chi connectivity index (χ0) is 12.6. The highest BCUT2D eigenvalue weighted by atomic mass is 15.2. The molecule has 2 aromatic carbocycles. The highest BCUT2D eigenvalue weighted by Gasteiger charge is 2.30. The van der Waals surface area contributed by atoms with Crippen LogP contribution in [0.1, 0.15) is 31.0 Å². The molecule has 0 radical (unpaired) electrons. The molecule has 1 aliphatic rings. The van der Waals surface area contributed by atoms with E-state index in [4.69, 9.17) is 0 Å². The van der Waals surface area contributed by atoms with Crippen molar-refractivity contribution in [1.29, 1.82) is 0 Å². The second kappa shape index (κ2) is 4.14. The number of fused-ring (bicyclic) bond motifs is 1. The second-order valence-electron chi connectivity index (χ2n) is 5.33. The van der Waals surface area contributed by atoms with E-state index in [-0.39, 0.29) is 11.7 Å². The van der Waals surface area contributed by atoms with Crippen molar-refractivity contribution in [2.75, 3.05) is 5.32 Å². The van der Waals surface area contributed by atoms with Gasteiger partial charge in [0.15, 0.2) is 0 Å². The minimum absolute atomic E-state index is 0.102. The Hall–Kier alpha value is -1.80. The average Bonchev–Trinajstić information content (AvgIpc) is 2.38. The molecule has 92 valence electrons. The van der Waals surface area contributed by atoms with E-state index >= 15 is 0 Å². The molecule has 1 aliphatic heterocycles. The molecule has 0 bridgehead atoms. The summed E-state index contributed by atoms with van der Waals surface area (Å²) in [5.74, 6) is 0. The van der Waals surface area contributed by atoms with Gasteiger partial charge < -0.3 is 5.32 Å². The van der Waals surface area contributed by atoms with Crippen LogP contribution in [0, 0.1) is 0 Å². The van der Waals surface area contributed by atoms with Gasteiger partial charge >= 0.3 is 0 Å². The topological polar surface area (TPSA) is 24.1 Å². The summed E-state index contributed by atoms with van der Waals surface area (Å²) in [6, 6.07) is 19.3. The number of hydrogen-bond acceptors (Lipinski definition) is 2. The molecule has 2 aromatic rings. The Bertz CT molecular complexity index is 546. The Labute approximate surface area is 108 Å². The molecular formula is C16H18N2. The number of anilines is 1. The van der Waals surface area contributed by atoms with E-state index in [9.17, 15) is 0 Å². The summed E-state index contributed by atoms with van der Waals surface area (Å²) < 4.78 is 0. The first kappa shape index (κ1) is 11.3. The van der Waals surface area contributed by atoms with Gasteiger partial charge in [-0.05, 0) is 31.0 Å². The van der Waals surface area contributed by atoms with Gasteiger partial charge in [-0.25, -0.2) is 0 Å². The fraction of sp³-hybridized carbons (Fsp3) is 0.250. The standard InChI is InChI=1S/C16H18N2/c1-16(2)17-14-11-7-6-10-13(14)15(18-16)12-8-4-3-5-9-12/h3-11,15,17-18H,1-2H3. The number of para-hydroxylation sites is 1. The molecule has 2 N–H and O–H groups in total. The van der Waals surface area contributed by atoms with Crippen LogP contribution in [0.25, 0.3) is 0 Å². The molecule has 0 saturated heterocycles. The Kier molecular flexibility index (Phi) is 2.60. The van der Waals surface area contributed by atoms with Crippen LogP contribution >= 0.6 is 0 Å². The van der Waals surface area contributed by atoms with Gasteiger partial charge in [-0.1, -0.05) is 48.5 Å². The largest absolute Gasteiger partial charge is 0.367 e. The highest BCUT2D eigenvalue weighted by Crippen LogP contribution is 2.35. The third-order valence-electron chi connectivity index (χ3n) is 3.36. The van der Waals surface area contributed by atoms with Crippen molar-refractivity contribution in [2.24, 2.45) is 0 Å². The van der Waals surface area contributed by atoms with Gasteiger partial charge in [-0.2, -0.15) is 0 Å². The van der Waals surface area contributed by atoms with Crippen LogP contribution < -0.4 is 10.6 Å². The van der Waals surface area contributed by atoms with Crippen molar-refractivity contribution >= 4 is 5.69 Å². The van der Waals surface area contributed by atoms with Crippen molar-refractivity contribution in [3.8, 4) is 0 Å². The number of nitrogens with one attached hydrogen (secondary N) is 2. The Morgan fingerprint density at radius 1 is 0.889 bits per heavy atom. The van der Waals surface area contributed by atoms with Gasteiger partial charge in [0.05, 0.1) is 11.7 Å². The summed E-state index contributed by atoms with van der Waals surface area (Å²) in [6.07, 6.45) is 0. The fourth-order valence-corrected chi connectivity index (χ4v) is 2.58. The summed E-state index contributed by atoms with van der Waals surface area (Å²) in [6.45, 7) is 4.33. The molecule has 2 heteroatoms. The quantitative estimate of drug-likeness (QED) is 0.794. The number of hydrogen-bond donors (Lipinski definition) is 2. The lowest BCUT2D eigenvalue weighted by Crippen LogP contribution is -2.51. The third-order valence-corrected chi connectivity index (χ3v) is 3.36. The van der Waals surface area contributed by atoms with E-state index in [1.54, 1.807) is 0 Å². The molecule has 2 nitrogen and oxygen atoms in total. The van der Waals surface area contributed by atoms with E-state index in [0.717, 1.165) is 0 Å². The molecule has 3 rings (SSSR count). The van der Waals surface area contributed by atoms with Crippen LogP contribution in [0.3, 0.4) is 0 Å². The predicted octanol–water partition coefficient (Wildman–Crippen LogP) is 3.53. The molecule has 0 aromatic heterocycles. The van der Waals surface area contributed by atoms with Crippen molar-refractivity contribution in [3.63, 3.8) is 0 Å². The van der Waals surface area contributed by atoms with Crippen LogP contribution in [-0.2, 0) is 0 Å². The maximum Gasteiger partial charge on any atom is 0.0831 e. The Balaban J connectivity index is 2.10. The molecule has 1 unspecified atom stereocenters. The maximum absolute atomic E-state index is 3.65. The van der Waals surface area contributed by atoms with Gasteiger partial charge in [-0.15, -0.1) is 0 Å². The zero-order valence-electron chi connectivity index (χ0n) is 10.8. The predicted molar refractivity (Wildman–Crippen MR) is 75.6 cm³/mol. The minimum Gasteiger partial charge on any atom is -0.367 e. The molecule has 1 atom stereocenters. The van der Waals surface area contributed by atoms with E-state index in [0.29, 0.717) is 0 Å². The van der Waals surface area contributed by atoms with Gasteiger partial charge in [0.2, 0.25) is 0 Å². The maximum atomic E-state index is 3.65. The van der Waals surface area contributed by atoms with Gasteiger partial charge in [0.1, 0.15) is 0 Å². The molecular weight excluding hydrogens is 220 g/mol. The van der Waals surface area contributed by atoms with E-state index in [2.05, 4.69) is 79.1 Å². The van der Waals surface area contributed by atoms with Crippen molar-refractivity contribution in [2.45, 2.75) is 25.6 Å². The van der Waals surface area contributed by atoms with E-state index < -0.39 is 0 Å². The monoisotopic (exact) mass is 238 g/mol. The smallest absolute Gasteiger partial charge is 0.0831 e. The van der Waals surface area contributed by atoms with Crippen LogP contribution in [0.2, 0.25) is 0 Å². The minimum atomic E-state index is -0.102. The normalized spacial score (nSPS) is 20.9. The molecule has 0 aliphatic carbocycles. The molecule has 0 fully saturated rings. The summed E-state index contributed by atoms with van der Waals surface area (Å²) in [5.41, 5.74) is 3.73. The highest BCUT2D eigenvalue weighted by molar-refractivity contribution is 5.58. The summed E-state index contributed by atoms with van der Waals surface area (Å²) in [4.78, 5) is 0. The van der Waals surface area contributed by atoms with Crippen LogP contribution in [0.15, 0.2) is 54.6 Å². The van der Waals surface area contributed by atoms with E-state index in [1.165, 1.54) is 16.8 Å². The van der Waals surface area contributed by atoms with Crippen molar-refractivity contribution in [3.05, 3.63) is 65.7 Å². The Morgan fingerprint density at radius 3 is 2.33 bits per heavy atom. The molecule has 0 amide bonds. The van der Waals surface area contributed by atoms with E-state index in [1.807, 2.05) is 0 Å².